The van der Waals surface area contributed by atoms with E-state index in [4.69, 9.17) is 4.74 Å². The maximum atomic E-state index is 5.15. The Morgan fingerprint density at radius 3 is 2.88 bits per heavy atom. The van der Waals surface area contributed by atoms with Crippen LogP contribution in [0.15, 0.2) is 24.3 Å². The molecule has 0 heterocycles. The van der Waals surface area contributed by atoms with Crippen molar-refractivity contribution in [3.8, 4) is 0 Å². The van der Waals surface area contributed by atoms with E-state index in [1.165, 1.54) is 36.9 Å². The van der Waals surface area contributed by atoms with Gasteiger partial charge in [0, 0.05) is 18.8 Å². The highest BCUT2D eigenvalue weighted by Gasteiger charge is 2.19. The molecule has 2 nitrogen and oxygen atoms in total. The normalized spacial score (nSPS) is 17.5. The number of ether oxygens (including phenoxy) is 1. The fourth-order valence-electron chi connectivity index (χ4n) is 2.49. The van der Waals surface area contributed by atoms with Gasteiger partial charge in [0.1, 0.15) is 0 Å². The summed E-state index contributed by atoms with van der Waals surface area (Å²) in [4.78, 5) is 0. The van der Waals surface area contributed by atoms with Gasteiger partial charge in [-0.25, -0.2) is 0 Å². The zero-order valence-electron chi connectivity index (χ0n) is 10.9. The van der Waals surface area contributed by atoms with Crippen LogP contribution < -0.4 is 5.32 Å². The van der Waals surface area contributed by atoms with Gasteiger partial charge in [-0.15, -0.1) is 0 Å². The van der Waals surface area contributed by atoms with Crippen LogP contribution in [0.2, 0.25) is 0 Å². The predicted octanol–water partition coefficient (Wildman–Crippen LogP) is 3.82. The molecule has 0 amide bonds. The largest absolute Gasteiger partial charge is 0.383 e. The van der Waals surface area contributed by atoms with Gasteiger partial charge in [0.05, 0.1) is 6.61 Å². The minimum Gasteiger partial charge on any atom is -0.383 e. The van der Waals surface area contributed by atoms with Crippen LogP contribution in [0.1, 0.15) is 38.2 Å². The number of benzene rings is 1. The van der Waals surface area contributed by atoms with Gasteiger partial charge in [0.15, 0.2) is 0 Å². The number of hydrogen-bond acceptors (Lipinski definition) is 2. The molecule has 0 aromatic heterocycles. The third-order valence-electron chi connectivity index (χ3n) is 3.56. The van der Waals surface area contributed by atoms with Crippen LogP contribution in [0.5, 0.6) is 0 Å². The third kappa shape index (κ3) is 3.74. The fourth-order valence-corrected chi connectivity index (χ4v) is 2.49. The monoisotopic (exact) mass is 233 g/mol. The van der Waals surface area contributed by atoms with Gasteiger partial charge < -0.3 is 10.1 Å². The van der Waals surface area contributed by atoms with E-state index in [9.17, 15) is 0 Å². The first-order valence-electron chi connectivity index (χ1n) is 6.62. The van der Waals surface area contributed by atoms with E-state index in [0.717, 1.165) is 5.92 Å². The molecule has 17 heavy (non-hydrogen) atoms. The van der Waals surface area contributed by atoms with Crippen molar-refractivity contribution in [2.24, 2.45) is 5.92 Å². The molecule has 1 aliphatic carbocycles. The third-order valence-corrected chi connectivity index (χ3v) is 3.56. The lowest BCUT2D eigenvalue weighted by atomic mass is 9.81. The minimum atomic E-state index is 0.568. The van der Waals surface area contributed by atoms with Crippen molar-refractivity contribution in [1.29, 1.82) is 0 Å². The van der Waals surface area contributed by atoms with E-state index < -0.39 is 0 Å². The SMILES string of the molecule is COCc1cccc(NC(C)CC2CCC2)c1. The molecule has 1 fully saturated rings. The second-order valence-corrected chi connectivity index (χ2v) is 5.21. The fraction of sp³-hybridized carbons (Fsp3) is 0.600. The van der Waals surface area contributed by atoms with E-state index in [1.54, 1.807) is 7.11 Å². The zero-order chi connectivity index (χ0) is 12.1. The molecule has 0 radical (unpaired) electrons. The van der Waals surface area contributed by atoms with Gasteiger partial charge in [-0.1, -0.05) is 31.4 Å². The van der Waals surface area contributed by atoms with E-state index in [-0.39, 0.29) is 0 Å². The van der Waals surface area contributed by atoms with Crippen molar-refractivity contribution >= 4 is 5.69 Å². The Hall–Kier alpha value is -1.02. The van der Waals surface area contributed by atoms with Crippen molar-refractivity contribution in [3.63, 3.8) is 0 Å². The molecular formula is C15H23NO. The number of anilines is 1. The van der Waals surface area contributed by atoms with Crippen LogP contribution in [0.3, 0.4) is 0 Å². The number of hydrogen-bond donors (Lipinski definition) is 1. The van der Waals surface area contributed by atoms with Crippen LogP contribution in [0.4, 0.5) is 5.69 Å². The summed E-state index contributed by atoms with van der Waals surface area (Å²) in [5, 5.41) is 3.58. The van der Waals surface area contributed by atoms with Gasteiger partial charge in [0.25, 0.3) is 0 Å². The lowest BCUT2D eigenvalue weighted by Crippen LogP contribution is -2.23. The molecule has 1 aromatic rings. The summed E-state index contributed by atoms with van der Waals surface area (Å²) in [6.45, 7) is 2.97. The highest BCUT2D eigenvalue weighted by molar-refractivity contribution is 5.46. The van der Waals surface area contributed by atoms with Gasteiger partial charge in [0.2, 0.25) is 0 Å². The van der Waals surface area contributed by atoms with Crippen molar-refractivity contribution in [2.75, 3.05) is 12.4 Å². The molecule has 1 aromatic carbocycles. The summed E-state index contributed by atoms with van der Waals surface area (Å²) in [7, 11) is 1.74. The summed E-state index contributed by atoms with van der Waals surface area (Å²) >= 11 is 0. The van der Waals surface area contributed by atoms with Crippen molar-refractivity contribution in [2.45, 2.75) is 45.3 Å². The molecular weight excluding hydrogens is 210 g/mol. The maximum absolute atomic E-state index is 5.15. The van der Waals surface area contributed by atoms with Gasteiger partial charge in [-0.3, -0.25) is 0 Å². The van der Waals surface area contributed by atoms with E-state index in [0.29, 0.717) is 12.6 Å². The number of nitrogens with one attached hydrogen (secondary N) is 1. The van der Waals surface area contributed by atoms with E-state index in [2.05, 4.69) is 36.5 Å². The Bertz CT molecular complexity index is 347. The Kier molecular flexibility index (Phi) is 4.43. The zero-order valence-corrected chi connectivity index (χ0v) is 10.9. The first-order valence-corrected chi connectivity index (χ1v) is 6.62. The van der Waals surface area contributed by atoms with Crippen LogP contribution >= 0.6 is 0 Å². The molecule has 0 aliphatic heterocycles. The molecule has 94 valence electrons. The molecule has 0 bridgehead atoms. The summed E-state index contributed by atoms with van der Waals surface area (Å²) in [5.41, 5.74) is 2.44. The van der Waals surface area contributed by atoms with Crippen molar-refractivity contribution in [1.82, 2.24) is 0 Å². The van der Waals surface area contributed by atoms with E-state index >= 15 is 0 Å². The number of methoxy groups -OCH3 is 1. The Morgan fingerprint density at radius 1 is 1.41 bits per heavy atom. The second kappa shape index (κ2) is 6.06. The molecule has 1 unspecified atom stereocenters. The first-order chi connectivity index (χ1) is 8.28. The average molecular weight is 233 g/mol. The smallest absolute Gasteiger partial charge is 0.0713 e. The standard InChI is InChI=1S/C15H23NO/c1-12(9-13-5-3-6-13)16-15-8-4-7-14(10-15)11-17-2/h4,7-8,10,12-13,16H,3,5-6,9,11H2,1-2H3. The summed E-state index contributed by atoms with van der Waals surface area (Å²) in [6, 6.07) is 9.08. The van der Waals surface area contributed by atoms with Crippen molar-refractivity contribution < 1.29 is 4.74 Å². The molecule has 1 atom stereocenters. The summed E-state index contributed by atoms with van der Waals surface area (Å²) < 4.78 is 5.15. The second-order valence-electron chi connectivity index (χ2n) is 5.21. The Morgan fingerprint density at radius 2 is 2.24 bits per heavy atom. The Balaban J connectivity index is 1.85. The van der Waals surface area contributed by atoms with Crippen molar-refractivity contribution in [3.05, 3.63) is 29.8 Å². The Labute approximate surface area is 104 Å². The van der Waals surface area contributed by atoms with Crippen LogP contribution in [0, 0.1) is 5.92 Å². The summed E-state index contributed by atoms with van der Waals surface area (Å²) in [6.07, 6.45) is 5.58. The summed E-state index contributed by atoms with van der Waals surface area (Å²) in [5.74, 6) is 0.958. The van der Waals surface area contributed by atoms with Gasteiger partial charge >= 0.3 is 0 Å². The van der Waals surface area contributed by atoms with Crippen LogP contribution in [-0.2, 0) is 11.3 Å². The first kappa shape index (κ1) is 12.4. The molecule has 1 aliphatic rings. The lowest BCUT2D eigenvalue weighted by Gasteiger charge is -2.29. The topological polar surface area (TPSA) is 21.3 Å². The predicted molar refractivity (Wildman–Crippen MR) is 72.2 cm³/mol. The molecule has 1 N–H and O–H groups in total. The minimum absolute atomic E-state index is 0.568. The lowest BCUT2D eigenvalue weighted by molar-refractivity contribution is 0.185. The molecule has 2 heteroatoms. The van der Waals surface area contributed by atoms with Gasteiger partial charge in [-0.05, 0) is 37.0 Å². The molecule has 0 spiro atoms. The highest BCUT2D eigenvalue weighted by atomic mass is 16.5. The van der Waals surface area contributed by atoms with Gasteiger partial charge in [-0.2, -0.15) is 0 Å². The molecule has 1 saturated carbocycles. The quantitative estimate of drug-likeness (QED) is 0.806. The molecule has 0 saturated heterocycles. The highest BCUT2D eigenvalue weighted by Crippen LogP contribution is 2.31. The average Bonchev–Trinajstić information content (AvgIpc) is 2.25. The maximum Gasteiger partial charge on any atom is 0.0713 e. The van der Waals surface area contributed by atoms with E-state index in [1.807, 2.05) is 0 Å². The molecule has 2 rings (SSSR count). The van der Waals surface area contributed by atoms with Crippen LogP contribution in [0.25, 0.3) is 0 Å². The number of rotatable bonds is 6. The van der Waals surface area contributed by atoms with Crippen LogP contribution in [-0.4, -0.2) is 13.2 Å².